The quantitative estimate of drug-likeness (QED) is 0.130. The standard InChI is InChI=1S/C34H16O8/c35-31(36)18-9-7-15-16-8-10-19(32(37)38)26-23(34(41)42)12-21-24-14-4-2-1-3-13(14)5-6-17(24)20-11-22(33(39)40)25(18)27(15)29(20)30(21)28(16)26/h1-12H,(H,35,36)(H,37,38)(H,39,40)(H,41,42). The van der Waals surface area contributed by atoms with Crippen LogP contribution in [0.1, 0.15) is 41.4 Å². The highest BCUT2D eigenvalue weighted by atomic mass is 16.4. The molecule has 0 heterocycles. The second-order valence-corrected chi connectivity index (χ2v) is 10.4. The summed E-state index contributed by atoms with van der Waals surface area (Å²) in [5.41, 5.74) is -0.698. The molecule has 0 spiro atoms. The Kier molecular flexibility index (Phi) is 4.42. The Morgan fingerprint density at radius 3 is 1.33 bits per heavy atom. The summed E-state index contributed by atoms with van der Waals surface area (Å²) < 4.78 is 0. The first-order chi connectivity index (χ1) is 20.2. The van der Waals surface area contributed by atoms with Gasteiger partial charge in [-0.15, -0.1) is 0 Å². The van der Waals surface area contributed by atoms with Crippen molar-refractivity contribution in [2.24, 2.45) is 0 Å². The highest BCUT2D eigenvalue weighted by Gasteiger charge is 2.29. The van der Waals surface area contributed by atoms with Crippen LogP contribution >= 0.6 is 0 Å². The van der Waals surface area contributed by atoms with Gasteiger partial charge in [-0.25, -0.2) is 19.2 Å². The number of aromatic carboxylic acids is 4. The normalized spacial score (nSPS) is 12.1. The maximum absolute atomic E-state index is 12.7. The van der Waals surface area contributed by atoms with E-state index in [2.05, 4.69) is 0 Å². The van der Waals surface area contributed by atoms with Crippen LogP contribution in [0.25, 0.3) is 75.4 Å². The van der Waals surface area contributed by atoms with E-state index in [1.807, 2.05) is 36.4 Å². The lowest BCUT2D eigenvalue weighted by molar-refractivity contribution is 0.0681. The molecule has 200 valence electrons. The van der Waals surface area contributed by atoms with Crippen LogP contribution in [0.15, 0.2) is 72.8 Å². The minimum atomic E-state index is -1.29. The lowest BCUT2D eigenvalue weighted by atomic mass is 9.79. The highest BCUT2D eigenvalue weighted by Crippen LogP contribution is 2.51. The summed E-state index contributed by atoms with van der Waals surface area (Å²) in [7, 11) is 0. The minimum Gasteiger partial charge on any atom is -0.478 e. The van der Waals surface area contributed by atoms with Gasteiger partial charge in [-0.2, -0.15) is 0 Å². The fourth-order valence-corrected chi connectivity index (χ4v) is 6.99. The van der Waals surface area contributed by atoms with Crippen molar-refractivity contribution in [1.29, 1.82) is 0 Å². The van der Waals surface area contributed by atoms with E-state index in [4.69, 9.17) is 0 Å². The van der Waals surface area contributed by atoms with Crippen LogP contribution in [0.4, 0.5) is 0 Å². The van der Waals surface area contributed by atoms with Crippen molar-refractivity contribution in [3.8, 4) is 0 Å². The monoisotopic (exact) mass is 552 g/mol. The van der Waals surface area contributed by atoms with E-state index < -0.39 is 23.9 Å². The van der Waals surface area contributed by atoms with Gasteiger partial charge in [0, 0.05) is 10.8 Å². The van der Waals surface area contributed by atoms with Gasteiger partial charge in [0.15, 0.2) is 0 Å². The molecule has 0 aliphatic carbocycles. The first kappa shape index (κ1) is 23.8. The second kappa shape index (κ2) is 7.80. The molecule has 0 amide bonds. The van der Waals surface area contributed by atoms with E-state index in [1.54, 1.807) is 12.1 Å². The molecule has 8 aromatic carbocycles. The van der Waals surface area contributed by atoms with E-state index in [9.17, 15) is 39.6 Å². The SMILES string of the molecule is O=C(O)c1ccc2c3ccc(C(=O)O)c4c(C(=O)O)cc5c6c7ccccc7ccc6c6cc(C(=O)O)c1c2c6c5c43. The molecule has 0 aliphatic rings. The number of benzene rings is 8. The summed E-state index contributed by atoms with van der Waals surface area (Å²) in [6, 6.07) is 20.2. The lowest BCUT2D eigenvalue weighted by Crippen LogP contribution is -2.08. The number of hydrogen-bond donors (Lipinski definition) is 4. The molecule has 0 aliphatic heterocycles. The van der Waals surface area contributed by atoms with Gasteiger partial charge in [-0.1, -0.05) is 48.5 Å². The van der Waals surface area contributed by atoms with Crippen molar-refractivity contribution in [1.82, 2.24) is 0 Å². The second-order valence-electron chi connectivity index (χ2n) is 10.4. The van der Waals surface area contributed by atoms with E-state index in [0.717, 1.165) is 10.8 Å². The highest BCUT2D eigenvalue weighted by molar-refractivity contribution is 6.48. The average molecular weight is 552 g/mol. The fourth-order valence-electron chi connectivity index (χ4n) is 6.99. The predicted molar refractivity (Wildman–Crippen MR) is 159 cm³/mol. The molecule has 0 saturated carbocycles. The molecule has 8 rings (SSSR count). The van der Waals surface area contributed by atoms with Crippen molar-refractivity contribution in [3.63, 3.8) is 0 Å². The fraction of sp³-hybridized carbons (Fsp3) is 0. The van der Waals surface area contributed by atoms with Gasteiger partial charge in [0.2, 0.25) is 0 Å². The third-order valence-corrected chi connectivity index (χ3v) is 8.52. The molecule has 0 atom stereocenters. The Hall–Kier alpha value is -6.02. The molecule has 0 saturated heterocycles. The van der Waals surface area contributed by atoms with E-state index in [-0.39, 0.29) is 33.0 Å². The van der Waals surface area contributed by atoms with Crippen LogP contribution in [0.5, 0.6) is 0 Å². The van der Waals surface area contributed by atoms with Gasteiger partial charge >= 0.3 is 23.9 Å². The summed E-state index contributed by atoms with van der Waals surface area (Å²) >= 11 is 0. The van der Waals surface area contributed by atoms with E-state index >= 15 is 0 Å². The van der Waals surface area contributed by atoms with Crippen LogP contribution in [-0.2, 0) is 0 Å². The molecular weight excluding hydrogens is 536 g/mol. The van der Waals surface area contributed by atoms with Crippen molar-refractivity contribution in [2.45, 2.75) is 0 Å². The topological polar surface area (TPSA) is 149 Å². The minimum absolute atomic E-state index is 0.0595. The first-order valence-corrected chi connectivity index (χ1v) is 12.9. The summed E-state index contributed by atoms with van der Waals surface area (Å²) in [5.74, 6) is -5.15. The zero-order valence-electron chi connectivity index (χ0n) is 21.4. The van der Waals surface area contributed by atoms with Crippen LogP contribution in [0, 0.1) is 0 Å². The first-order valence-electron chi connectivity index (χ1n) is 12.9. The Balaban J connectivity index is 1.87. The third-order valence-electron chi connectivity index (χ3n) is 8.52. The summed E-state index contributed by atoms with van der Waals surface area (Å²) in [6.45, 7) is 0. The van der Waals surface area contributed by atoms with Crippen molar-refractivity contribution in [3.05, 3.63) is 95.1 Å². The van der Waals surface area contributed by atoms with Gasteiger partial charge in [-0.05, 0) is 88.9 Å². The zero-order chi connectivity index (χ0) is 29.2. The van der Waals surface area contributed by atoms with Crippen molar-refractivity contribution in [2.75, 3.05) is 0 Å². The molecule has 0 radical (unpaired) electrons. The molecule has 0 fully saturated rings. The van der Waals surface area contributed by atoms with Crippen LogP contribution in [0.2, 0.25) is 0 Å². The lowest BCUT2D eigenvalue weighted by Gasteiger charge is -2.23. The molecule has 8 heteroatoms. The number of hydrogen-bond acceptors (Lipinski definition) is 4. The van der Waals surface area contributed by atoms with Crippen LogP contribution in [0.3, 0.4) is 0 Å². The molecular formula is C34H16O8. The number of carbonyl (C=O) groups is 4. The zero-order valence-corrected chi connectivity index (χ0v) is 21.4. The Bertz CT molecular complexity index is 2580. The maximum atomic E-state index is 12.7. The van der Waals surface area contributed by atoms with Crippen molar-refractivity contribution >= 4 is 99.3 Å². The molecule has 8 nitrogen and oxygen atoms in total. The van der Waals surface area contributed by atoms with Crippen LogP contribution in [-0.4, -0.2) is 44.3 Å². The maximum Gasteiger partial charge on any atom is 0.336 e. The largest absolute Gasteiger partial charge is 0.478 e. The smallest absolute Gasteiger partial charge is 0.336 e. The van der Waals surface area contributed by atoms with E-state index in [0.29, 0.717) is 53.9 Å². The molecule has 8 aromatic rings. The number of carboxylic acids is 4. The third kappa shape index (κ3) is 2.75. The number of fused-ring (bicyclic) bond motifs is 6. The van der Waals surface area contributed by atoms with Crippen molar-refractivity contribution < 1.29 is 39.6 Å². The van der Waals surface area contributed by atoms with E-state index in [1.165, 1.54) is 24.3 Å². The summed E-state index contributed by atoms with van der Waals surface area (Å²) in [5, 5.41) is 48.2. The molecule has 0 bridgehead atoms. The molecule has 0 aromatic heterocycles. The van der Waals surface area contributed by atoms with Gasteiger partial charge in [0.25, 0.3) is 0 Å². The summed E-state index contributed by atoms with van der Waals surface area (Å²) in [6.07, 6.45) is 0. The Morgan fingerprint density at radius 2 is 0.786 bits per heavy atom. The van der Waals surface area contributed by atoms with Gasteiger partial charge in [0.1, 0.15) is 0 Å². The van der Waals surface area contributed by atoms with Gasteiger partial charge in [-0.3, -0.25) is 0 Å². The van der Waals surface area contributed by atoms with Gasteiger partial charge in [0.05, 0.1) is 22.3 Å². The molecule has 4 N–H and O–H groups in total. The predicted octanol–water partition coefficient (Wildman–Crippen LogP) is 7.43. The Morgan fingerprint density at radius 1 is 0.357 bits per heavy atom. The molecule has 42 heavy (non-hydrogen) atoms. The van der Waals surface area contributed by atoms with Gasteiger partial charge < -0.3 is 20.4 Å². The van der Waals surface area contributed by atoms with Crippen LogP contribution < -0.4 is 0 Å². The summed E-state index contributed by atoms with van der Waals surface area (Å²) in [4.78, 5) is 50.2. The number of carboxylic acid groups (broad SMARTS) is 4. The average Bonchev–Trinajstić information content (AvgIpc) is 2.97. The number of rotatable bonds is 4. The molecule has 0 unspecified atom stereocenters. The Labute approximate surface area is 233 Å².